The summed E-state index contributed by atoms with van der Waals surface area (Å²) in [5.41, 5.74) is 1.02. The molecule has 1 aromatic heterocycles. The summed E-state index contributed by atoms with van der Waals surface area (Å²) in [6.45, 7) is 7.45. The number of anilines is 1. The average molecular weight is 453 g/mol. The fourth-order valence-corrected chi connectivity index (χ4v) is 4.28. The molecule has 0 saturated heterocycles. The fraction of sp³-hybridized carbons (Fsp3) is 0.286. The predicted molar refractivity (Wildman–Crippen MR) is 114 cm³/mol. The third-order valence-corrected chi connectivity index (χ3v) is 6.16. The van der Waals surface area contributed by atoms with E-state index in [2.05, 4.69) is 14.8 Å². The van der Waals surface area contributed by atoms with Crippen molar-refractivity contribution in [3.8, 4) is 11.3 Å². The maximum absolute atomic E-state index is 13.3. The first-order chi connectivity index (χ1) is 14.6. The van der Waals surface area contributed by atoms with E-state index in [4.69, 9.17) is 0 Å². The van der Waals surface area contributed by atoms with Crippen LogP contribution in [0.1, 0.15) is 25.1 Å². The summed E-state index contributed by atoms with van der Waals surface area (Å²) in [4.78, 5) is 4.84. The molecular weight excluding hydrogens is 429 g/mol. The van der Waals surface area contributed by atoms with E-state index in [1.54, 1.807) is 18.2 Å². The van der Waals surface area contributed by atoms with E-state index in [0.717, 1.165) is 30.4 Å². The number of sulfonamides is 1. The van der Waals surface area contributed by atoms with Crippen LogP contribution in [-0.2, 0) is 16.2 Å². The smallest absolute Gasteiger partial charge is 0.372 e. The average Bonchev–Trinajstić information content (AvgIpc) is 3.14. The minimum absolute atomic E-state index is 0.0129. The Morgan fingerprint density at radius 1 is 1.03 bits per heavy atom. The molecule has 0 amide bonds. The molecule has 0 saturated carbocycles. The lowest BCUT2D eigenvalue weighted by atomic mass is 10.1. The van der Waals surface area contributed by atoms with Gasteiger partial charge in [-0.15, -0.1) is 5.10 Å². The molecule has 0 aliphatic carbocycles. The van der Waals surface area contributed by atoms with Crippen molar-refractivity contribution in [1.82, 2.24) is 9.89 Å². The highest BCUT2D eigenvalue weighted by Crippen LogP contribution is 2.33. The molecule has 31 heavy (non-hydrogen) atoms. The van der Waals surface area contributed by atoms with Gasteiger partial charge in [0.25, 0.3) is 10.0 Å². The van der Waals surface area contributed by atoms with Gasteiger partial charge in [-0.2, -0.15) is 31.2 Å². The summed E-state index contributed by atoms with van der Waals surface area (Å²) in [6, 6.07) is 13.4. The van der Waals surface area contributed by atoms with E-state index in [9.17, 15) is 21.6 Å². The summed E-state index contributed by atoms with van der Waals surface area (Å²) in [5, 5.41) is 3.48. The number of rotatable bonds is 7. The molecule has 0 radical (unpaired) electrons. The van der Waals surface area contributed by atoms with E-state index < -0.39 is 21.9 Å². The van der Waals surface area contributed by atoms with Gasteiger partial charge in [0.15, 0.2) is 5.69 Å². The predicted octanol–water partition coefficient (Wildman–Crippen LogP) is 4.66. The molecule has 3 aromatic rings. The molecule has 1 heterocycles. The number of benzene rings is 2. The summed E-state index contributed by atoms with van der Waals surface area (Å²) < 4.78 is 65.3. The Kier molecular flexibility index (Phi) is 6.30. The first kappa shape index (κ1) is 22.7. The molecule has 3 rings (SSSR count). The molecule has 2 aromatic carbocycles. The van der Waals surface area contributed by atoms with Gasteiger partial charge in [-0.3, -0.25) is 0 Å². The zero-order valence-electron chi connectivity index (χ0n) is 17.3. The van der Waals surface area contributed by atoms with Crippen LogP contribution in [0.25, 0.3) is 11.3 Å². The lowest BCUT2D eigenvalue weighted by molar-refractivity contribution is -0.141. The highest BCUT2D eigenvalue weighted by Gasteiger charge is 2.36. The van der Waals surface area contributed by atoms with E-state index in [1.165, 1.54) is 24.3 Å². The van der Waals surface area contributed by atoms with Crippen LogP contribution >= 0.6 is 0 Å². The molecule has 10 heteroatoms. The van der Waals surface area contributed by atoms with Crippen molar-refractivity contribution in [2.75, 3.05) is 22.8 Å². The topological polar surface area (TPSA) is 67.2 Å². The van der Waals surface area contributed by atoms with Crippen molar-refractivity contribution in [2.24, 2.45) is 0 Å². The summed E-state index contributed by atoms with van der Waals surface area (Å²) in [6.07, 6.45) is -4.73. The molecule has 166 valence electrons. The Morgan fingerprint density at radius 3 is 2.23 bits per heavy atom. The zero-order chi connectivity index (χ0) is 22.8. The molecule has 0 aliphatic rings. The van der Waals surface area contributed by atoms with Gasteiger partial charge in [-0.05, 0) is 56.7 Å². The Bertz CT molecular complexity index is 1160. The van der Waals surface area contributed by atoms with E-state index in [-0.39, 0.29) is 10.6 Å². The van der Waals surface area contributed by atoms with Gasteiger partial charge in [0, 0.05) is 24.3 Å². The molecule has 6 nitrogen and oxygen atoms in total. The Balaban J connectivity index is 2.08. The Labute approximate surface area is 179 Å². The number of nitrogens with one attached hydrogen (secondary N) is 1. The van der Waals surface area contributed by atoms with Gasteiger partial charge in [0.2, 0.25) is 0 Å². The van der Waals surface area contributed by atoms with Crippen LogP contribution in [0, 0.1) is 6.92 Å². The van der Waals surface area contributed by atoms with Gasteiger partial charge in [0.1, 0.15) is 0 Å². The second-order valence-corrected chi connectivity index (χ2v) is 8.57. The monoisotopic (exact) mass is 452 g/mol. The van der Waals surface area contributed by atoms with Crippen LogP contribution in [-0.4, -0.2) is 31.4 Å². The highest BCUT2D eigenvalue weighted by atomic mass is 32.2. The largest absolute Gasteiger partial charge is 0.435 e. The van der Waals surface area contributed by atoms with Crippen molar-refractivity contribution in [2.45, 2.75) is 31.8 Å². The quantitative estimate of drug-likeness (QED) is 0.566. The number of halogens is 3. The number of hydrogen-bond acceptors (Lipinski definition) is 4. The van der Waals surface area contributed by atoms with Crippen molar-refractivity contribution in [1.29, 1.82) is 0 Å². The Hall–Kier alpha value is -3.01. The second-order valence-electron chi connectivity index (χ2n) is 6.91. The van der Waals surface area contributed by atoms with Gasteiger partial charge >= 0.3 is 6.18 Å². The molecular formula is C21H23F3N4O2S. The van der Waals surface area contributed by atoms with Crippen molar-refractivity contribution < 1.29 is 21.6 Å². The summed E-state index contributed by atoms with van der Waals surface area (Å²) in [5.74, 6) is 0. The summed E-state index contributed by atoms with van der Waals surface area (Å²) >= 11 is 0. The third kappa shape index (κ3) is 4.84. The lowest BCUT2D eigenvalue weighted by Gasteiger charge is -2.23. The SMILES string of the molecule is CCN(CC)c1ccc(-c2cc(C(F)(F)F)nn2NS(=O)(=O)c2ccccc2)cc1C. The highest BCUT2D eigenvalue weighted by molar-refractivity contribution is 7.92. The van der Waals surface area contributed by atoms with Crippen molar-refractivity contribution in [3.63, 3.8) is 0 Å². The first-order valence-electron chi connectivity index (χ1n) is 9.68. The van der Waals surface area contributed by atoms with Gasteiger partial charge in [-0.1, -0.05) is 24.3 Å². The molecule has 0 unspecified atom stereocenters. The molecule has 0 fully saturated rings. The van der Waals surface area contributed by atoms with Crippen LogP contribution in [0.2, 0.25) is 0 Å². The lowest BCUT2D eigenvalue weighted by Crippen LogP contribution is -2.25. The van der Waals surface area contributed by atoms with Gasteiger partial charge in [0.05, 0.1) is 10.6 Å². The molecule has 1 N–H and O–H groups in total. The van der Waals surface area contributed by atoms with E-state index in [0.29, 0.717) is 10.4 Å². The summed E-state index contributed by atoms with van der Waals surface area (Å²) in [7, 11) is -4.14. The maximum Gasteiger partial charge on any atom is 0.435 e. The van der Waals surface area contributed by atoms with Crippen LogP contribution in [0.4, 0.5) is 18.9 Å². The molecule has 0 bridgehead atoms. The number of hydrogen-bond donors (Lipinski definition) is 1. The first-order valence-corrected chi connectivity index (χ1v) is 11.2. The zero-order valence-corrected chi connectivity index (χ0v) is 18.1. The van der Waals surface area contributed by atoms with Crippen LogP contribution in [0.3, 0.4) is 0 Å². The van der Waals surface area contributed by atoms with E-state index in [1.807, 2.05) is 26.8 Å². The molecule has 0 atom stereocenters. The molecule has 0 aliphatic heterocycles. The minimum Gasteiger partial charge on any atom is -0.372 e. The van der Waals surface area contributed by atoms with Crippen LogP contribution in [0.5, 0.6) is 0 Å². The van der Waals surface area contributed by atoms with Gasteiger partial charge in [-0.25, -0.2) is 0 Å². The maximum atomic E-state index is 13.3. The molecule has 0 spiro atoms. The number of nitrogens with zero attached hydrogens (tertiary/aromatic N) is 3. The number of aryl methyl sites for hydroxylation is 1. The van der Waals surface area contributed by atoms with Crippen LogP contribution < -0.4 is 9.73 Å². The minimum atomic E-state index is -4.73. The van der Waals surface area contributed by atoms with E-state index >= 15 is 0 Å². The van der Waals surface area contributed by atoms with Crippen molar-refractivity contribution >= 4 is 15.7 Å². The second kappa shape index (κ2) is 8.62. The number of aromatic nitrogens is 2. The van der Waals surface area contributed by atoms with Crippen molar-refractivity contribution in [3.05, 3.63) is 65.9 Å². The number of alkyl halides is 3. The van der Waals surface area contributed by atoms with Gasteiger partial charge < -0.3 is 4.90 Å². The standard InChI is InChI=1S/C21H23F3N4O2S/c1-4-27(5-2)18-12-11-16(13-15(18)3)19-14-20(21(22,23)24)25-28(19)26-31(29,30)17-9-7-6-8-10-17/h6-14,26H,4-5H2,1-3H3. The fourth-order valence-electron chi connectivity index (χ4n) is 3.29. The Morgan fingerprint density at radius 2 is 1.68 bits per heavy atom. The normalized spacial score (nSPS) is 12.1. The third-order valence-electron chi connectivity index (χ3n) is 4.86. The van der Waals surface area contributed by atoms with Crippen LogP contribution in [0.15, 0.2) is 59.5 Å².